The van der Waals surface area contributed by atoms with Gasteiger partial charge >= 0.3 is 5.97 Å². The van der Waals surface area contributed by atoms with Gasteiger partial charge in [-0.05, 0) is 30.2 Å². The SMILES string of the molecule is CC(C)c1nn(-c2ccc(F)cc2)c2nc(C(=O)O)cc(OCC3COCCO3)c12. The molecule has 1 aliphatic heterocycles. The van der Waals surface area contributed by atoms with Crippen molar-refractivity contribution < 1.29 is 28.5 Å². The highest BCUT2D eigenvalue weighted by molar-refractivity contribution is 5.94. The second-order valence-corrected chi connectivity index (χ2v) is 7.32. The molecule has 30 heavy (non-hydrogen) atoms. The zero-order valence-corrected chi connectivity index (χ0v) is 16.7. The van der Waals surface area contributed by atoms with E-state index in [0.717, 1.165) is 0 Å². The summed E-state index contributed by atoms with van der Waals surface area (Å²) in [5.41, 5.74) is 1.44. The van der Waals surface area contributed by atoms with Crippen LogP contribution in [0.1, 0.15) is 35.9 Å². The van der Waals surface area contributed by atoms with E-state index < -0.39 is 5.97 Å². The maximum absolute atomic E-state index is 13.4. The van der Waals surface area contributed by atoms with Crippen molar-refractivity contribution in [3.8, 4) is 11.4 Å². The zero-order chi connectivity index (χ0) is 21.3. The first kappa shape index (κ1) is 20.2. The van der Waals surface area contributed by atoms with Crippen LogP contribution >= 0.6 is 0 Å². The van der Waals surface area contributed by atoms with Crippen LogP contribution in [-0.4, -0.2) is 58.4 Å². The maximum atomic E-state index is 13.4. The highest BCUT2D eigenvalue weighted by Gasteiger charge is 2.24. The molecule has 4 rings (SSSR count). The van der Waals surface area contributed by atoms with Gasteiger partial charge in [0, 0.05) is 6.07 Å². The van der Waals surface area contributed by atoms with Crippen molar-refractivity contribution >= 4 is 17.0 Å². The van der Waals surface area contributed by atoms with Crippen LogP contribution in [0.3, 0.4) is 0 Å². The molecule has 0 bridgehead atoms. The van der Waals surface area contributed by atoms with Crippen molar-refractivity contribution in [3.05, 3.63) is 47.5 Å². The Morgan fingerprint density at radius 2 is 2.10 bits per heavy atom. The van der Waals surface area contributed by atoms with Gasteiger partial charge in [0.05, 0.1) is 36.6 Å². The van der Waals surface area contributed by atoms with Crippen molar-refractivity contribution in [2.24, 2.45) is 0 Å². The third kappa shape index (κ3) is 3.99. The Labute approximate surface area is 172 Å². The van der Waals surface area contributed by atoms with Gasteiger partial charge in [0.25, 0.3) is 0 Å². The number of pyridine rings is 1. The van der Waals surface area contributed by atoms with Gasteiger partial charge in [-0.3, -0.25) is 0 Å². The Morgan fingerprint density at radius 1 is 1.33 bits per heavy atom. The number of carbonyl (C=O) groups is 1. The van der Waals surface area contributed by atoms with E-state index in [-0.39, 0.29) is 30.1 Å². The molecule has 2 aromatic heterocycles. The predicted molar refractivity (Wildman–Crippen MR) is 106 cm³/mol. The number of aromatic nitrogens is 3. The zero-order valence-electron chi connectivity index (χ0n) is 16.7. The average molecular weight is 415 g/mol. The largest absolute Gasteiger partial charge is 0.490 e. The smallest absolute Gasteiger partial charge is 0.354 e. The van der Waals surface area contributed by atoms with Gasteiger partial charge < -0.3 is 19.3 Å². The van der Waals surface area contributed by atoms with Gasteiger partial charge in [0.2, 0.25) is 0 Å². The molecule has 1 unspecified atom stereocenters. The normalized spacial score (nSPS) is 16.9. The van der Waals surface area contributed by atoms with Gasteiger partial charge in [-0.15, -0.1) is 0 Å². The van der Waals surface area contributed by atoms with Crippen LogP contribution in [0, 0.1) is 5.82 Å². The minimum Gasteiger partial charge on any atom is -0.490 e. The molecule has 0 radical (unpaired) electrons. The lowest BCUT2D eigenvalue weighted by Crippen LogP contribution is -2.33. The fraction of sp³-hybridized carbons (Fsp3) is 0.381. The van der Waals surface area contributed by atoms with E-state index in [1.54, 1.807) is 12.1 Å². The van der Waals surface area contributed by atoms with Gasteiger partial charge in [-0.2, -0.15) is 5.10 Å². The first-order valence-corrected chi connectivity index (χ1v) is 9.69. The van der Waals surface area contributed by atoms with Gasteiger partial charge in [0.1, 0.15) is 24.3 Å². The molecular weight excluding hydrogens is 393 g/mol. The van der Waals surface area contributed by atoms with Crippen LogP contribution < -0.4 is 4.74 Å². The minimum absolute atomic E-state index is 0.0169. The Bertz CT molecular complexity index is 1060. The van der Waals surface area contributed by atoms with Crippen molar-refractivity contribution in [1.82, 2.24) is 14.8 Å². The standard InChI is InChI=1S/C21H22FN3O5/c1-12(2)19-18-17(30-11-15-10-28-7-8-29-15)9-16(21(26)27)23-20(18)25(24-19)14-5-3-13(22)4-6-14/h3-6,9,12,15H,7-8,10-11H2,1-2H3,(H,26,27). The molecule has 1 aromatic carbocycles. The summed E-state index contributed by atoms with van der Waals surface area (Å²) in [6, 6.07) is 7.16. The number of nitrogens with zero attached hydrogens (tertiary/aromatic N) is 3. The van der Waals surface area contributed by atoms with Crippen LogP contribution in [0.25, 0.3) is 16.7 Å². The molecule has 1 aliphatic rings. The molecule has 0 spiro atoms. The fourth-order valence-electron chi connectivity index (χ4n) is 3.31. The van der Waals surface area contributed by atoms with Crippen LogP contribution in [0.15, 0.2) is 30.3 Å². The molecule has 8 nitrogen and oxygen atoms in total. The monoisotopic (exact) mass is 415 g/mol. The van der Waals surface area contributed by atoms with Crippen LogP contribution in [0.5, 0.6) is 5.75 Å². The summed E-state index contributed by atoms with van der Waals surface area (Å²) in [6.45, 7) is 5.60. The third-order valence-electron chi connectivity index (χ3n) is 4.78. The number of hydrogen-bond acceptors (Lipinski definition) is 6. The molecule has 0 amide bonds. The van der Waals surface area contributed by atoms with Crippen molar-refractivity contribution in [3.63, 3.8) is 0 Å². The van der Waals surface area contributed by atoms with Gasteiger partial charge in [0.15, 0.2) is 11.3 Å². The number of hydrogen-bond donors (Lipinski definition) is 1. The Hall–Kier alpha value is -3.04. The molecule has 9 heteroatoms. The number of carboxylic acids is 1. The molecule has 1 saturated heterocycles. The Kier molecular flexibility index (Phi) is 5.65. The second kappa shape index (κ2) is 8.37. The molecule has 3 aromatic rings. The van der Waals surface area contributed by atoms with E-state index >= 15 is 0 Å². The molecule has 158 valence electrons. The Morgan fingerprint density at radius 3 is 2.73 bits per heavy atom. The minimum atomic E-state index is -1.18. The summed E-state index contributed by atoms with van der Waals surface area (Å²) in [5, 5.41) is 14.8. The average Bonchev–Trinajstić information content (AvgIpc) is 3.13. The summed E-state index contributed by atoms with van der Waals surface area (Å²) in [7, 11) is 0. The van der Waals surface area contributed by atoms with Crippen molar-refractivity contribution in [1.29, 1.82) is 0 Å². The number of halogens is 1. The number of ether oxygens (including phenoxy) is 3. The molecular formula is C21H22FN3O5. The molecule has 0 aliphatic carbocycles. The molecule has 1 fully saturated rings. The highest BCUT2D eigenvalue weighted by atomic mass is 19.1. The number of fused-ring (bicyclic) bond motifs is 1. The highest BCUT2D eigenvalue weighted by Crippen LogP contribution is 2.34. The Balaban J connectivity index is 1.84. The quantitative estimate of drug-likeness (QED) is 0.661. The summed E-state index contributed by atoms with van der Waals surface area (Å²) in [4.78, 5) is 16.0. The van der Waals surface area contributed by atoms with Crippen LogP contribution in [0.2, 0.25) is 0 Å². The lowest BCUT2D eigenvalue weighted by atomic mass is 10.1. The van der Waals surface area contributed by atoms with E-state index in [1.807, 2.05) is 13.8 Å². The van der Waals surface area contributed by atoms with Gasteiger partial charge in [-0.1, -0.05) is 13.8 Å². The van der Waals surface area contributed by atoms with E-state index in [9.17, 15) is 14.3 Å². The number of carboxylic acid groups (broad SMARTS) is 1. The van der Waals surface area contributed by atoms with E-state index in [4.69, 9.17) is 14.2 Å². The predicted octanol–water partition coefficient (Wildman–Crippen LogP) is 3.18. The van der Waals surface area contributed by atoms with Crippen molar-refractivity contribution in [2.75, 3.05) is 26.4 Å². The number of benzene rings is 1. The van der Waals surface area contributed by atoms with E-state index in [0.29, 0.717) is 48.0 Å². The topological polar surface area (TPSA) is 95.7 Å². The molecule has 1 atom stereocenters. The van der Waals surface area contributed by atoms with E-state index in [1.165, 1.54) is 22.9 Å². The summed E-state index contributed by atoms with van der Waals surface area (Å²) in [5.74, 6) is -1.18. The second-order valence-electron chi connectivity index (χ2n) is 7.32. The molecule has 1 N–H and O–H groups in total. The maximum Gasteiger partial charge on any atom is 0.354 e. The number of aromatic carboxylic acids is 1. The lowest BCUT2D eigenvalue weighted by molar-refractivity contribution is -0.101. The van der Waals surface area contributed by atoms with E-state index in [2.05, 4.69) is 10.1 Å². The first-order valence-electron chi connectivity index (χ1n) is 9.69. The molecule has 0 saturated carbocycles. The fourth-order valence-corrected chi connectivity index (χ4v) is 3.31. The first-order chi connectivity index (χ1) is 14.4. The van der Waals surface area contributed by atoms with Crippen LogP contribution in [-0.2, 0) is 9.47 Å². The number of rotatable bonds is 6. The summed E-state index contributed by atoms with van der Waals surface area (Å²) < 4.78 is 31.9. The summed E-state index contributed by atoms with van der Waals surface area (Å²) in [6.07, 6.45) is -0.245. The van der Waals surface area contributed by atoms with Gasteiger partial charge in [-0.25, -0.2) is 18.9 Å². The van der Waals surface area contributed by atoms with Crippen molar-refractivity contribution in [2.45, 2.75) is 25.9 Å². The van der Waals surface area contributed by atoms with Crippen LogP contribution in [0.4, 0.5) is 4.39 Å². The third-order valence-corrected chi connectivity index (χ3v) is 4.78. The molecule has 3 heterocycles. The lowest BCUT2D eigenvalue weighted by Gasteiger charge is -2.23. The summed E-state index contributed by atoms with van der Waals surface area (Å²) >= 11 is 0.